The molecule has 17 heavy (non-hydrogen) atoms. The van der Waals surface area contributed by atoms with Crippen molar-refractivity contribution >= 4 is 17.4 Å². The lowest BCUT2D eigenvalue weighted by atomic mass is 10.2. The summed E-state index contributed by atoms with van der Waals surface area (Å²) in [7, 11) is 0. The van der Waals surface area contributed by atoms with Gasteiger partial charge in [-0.1, -0.05) is 17.7 Å². The molecule has 0 aliphatic heterocycles. The van der Waals surface area contributed by atoms with Crippen molar-refractivity contribution in [1.29, 1.82) is 0 Å². The maximum Gasteiger partial charge on any atom is 0.227 e. The number of anilines is 1. The largest absolute Gasteiger partial charge is 0.438 e. The minimum atomic E-state index is 0.412. The fourth-order valence-corrected chi connectivity index (χ4v) is 1.50. The molecule has 0 fully saturated rings. The number of rotatable bonds is 2. The van der Waals surface area contributed by atoms with E-state index >= 15 is 0 Å². The standard InChI is InChI=1S/C12H12ClN3O/c1-7-3-4-9(13)5-10(7)17-12-8(2)11(14)15-6-16-12/h3-6H,1-2H3,(H2,14,15,16). The molecule has 2 N–H and O–H groups in total. The average Bonchev–Trinajstić information content (AvgIpc) is 2.30. The van der Waals surface area contributed by atoms with Gasteiger partial charge in [-0.05, 0) is 31.5 Å². The molecule has 1 aromatic heterocycles. The number of ether oxygens (including phenoxy) is 1. The maximum atomic E-state index is 5.92. The smallest absolute Gasteiger partial charge is 0.227 e. The summed E-state index contributed by atoms with van der Waals surface area (Å²) in [5.74, 6) is 1.52. The number of hydrogen-bond acceptors (Lipinski definition) is 4. The first-order valence-corrected chi connectivity index (χ1v) is 5.47. The molecule has 0 amide bonds. The quantitative estimate of drug-likeness (QED) is 0.888. The van der Waals surface area contributed by atoms with E-state index in [-0.39, 0.29) is 0 Å². The lowest BCUT2D eigenvalue weighted by Crippen LogP contribution is -1.99. The number of nitrogen functional groups attached to an aromatic ring is 1. The second kappa shape index (κ2) is 4.59. The molecule has 0 saturated carbocycles. The fourth-order valence-electron chi connectivity index (χ4n) is 1.34. The van der Waals surface area contributed by atoms with Gasteiger partial charge in [0.05, 0.1) is 5.56 Å². The van der Waals surface area contributed by atoms with E-state index in [2.05, 4.69) is 9.97 Å². The molecule has 0 aliphatic rings. The van der Waals surface area contributed by atoms with Gasteiger partial charge >= 0.3 is 0 Å². The number of halogens is 1. The van der Waals surface area contributed by atoms with Crippen LogP contribution in [-0.4, -0.2) is 9.97 Å². The number of hydrogen-bond donors (Lipinski definition) is 1. The van der Waals surface area contributed by atoms with Crippen LogP contribution in [0.3, 0.4) is 0 Å². The highest BCUT2D eigenvalue weighted by molar-refractivity contribution is 6.30. The van der Waals surface area contributed by atoms with E-state index in [1.54, 1.807) is 6.07 Å². The lowest BCUT2D eigenvalue weighted by Gasteiger charge is -2.10. The fraction of sp³-hybridized carbons (Fsp3) is 0.167. The minimum absolute atomic E-state index is 0.412. The molecule has 0 aliphatic carbocycles. The van der Waals surface area contributed by atoms with Gasteiger partial charge in [0, 0.05) is 5.02 Å². The molecule has 2 rings (SSSR count). The molecule has 0 unspecified atom stereocenters. The van der Waals surface area contributed by atoms with Crippen LogP contribution < -0.4 is 10.5 Å². The summed E-state index contributed by atoms with van der Waals surface area (Å²) in [6, 6.07) is 5.44. The van der Waals surface area contributed by atoms with Crippen LogP contribution in [0.25, 0.3) is 0 Å². The van der Waals surface area contributed by atoms with Gasteiger partial charge in [-0.2, -0.15) is 0 Å². The molecule has 0 saturated heterocycles. The van der Waals surface area contributed by atoms with E-state index < -0.39 is 0 Å². The number of aromatic nitrogens is 2. The summed E-state index contributed by atoms with van der Waals surface area (Å²) in [6.45, 7) is 3.75. The molecular formula is C12H12ClN3O. The predicted molar refractivity (Wildman–Crippen MR) is 67.4 cm³/mol. The number of benzene rings is 1. The molecular weight excluding hydrogens is 238 g/mol. The third kappa shape index (κ3) is 2.47. The SMILES string of the molecule is Cc1ccc(Cl)cc1Oc1ncnc(N)c1C. The highest BCUT2D eigenvalue weighted by Gasteiger charge is 2.08. The Morgan fingerprint density at radius 3 is 2.76 bits per heavy atom. The van der Waals surface area contributed by atoms with Gasteiger partial charge in [0.25, 0.3) is 0 Å². The van der Waals surface area contributed by atoms with Gasteiger partial charge in [0.1, 0.15) is 17.9 Å². The van der Waals surface area contributed by atoms with E-state index in [1.165, 1.54) is 6.33 Å². The van der Waals surface area contributed by atoms with Crippen LogP contribution >= 0.6 is 11.6 Å². The van der Waals surface area contributed by atoms with E-state index in [4.69, 9.17) is 22.1 Å². The van der Waals surface area contributed by atoms with Crippen molar-refractivity contribution in [2.24, 2.45) is 0 Å². The maximum absolute atomic E-state index is 5.92. The summed E-state index contributed by atoms with van der Waals surface area (Å²) in [6.07, 6.45) is 1.37. The zero-order valence-corrected chi connectivity index (χ0v) is 10.3. The van der Waals surface area contributed by atoms with Gasteiger partial charge in [-0.3, -0.25) is 0 Å². The van der Waals surface area contributed by atoms with Gasteiger partial charge in [0.2, 0.25) is 5.88 Å². The van der Waals surface area contributed by atoms with Gasteiger partial charge in [-0.15, -0.1) is 0 Å². The summed E-state index contributed by atoms with van der Waals surface area (Å²) in [4.78, 5) is 7.93. The Labute approximate surface area is 104 Å². The Morgan fingerprint density at radius 2 is 2.00 bits per heavy atom. The first-order valence-electron chi connectivity index (χ1n) is 5.09. The topological polar surface area (TPSA) is 61.0 Å². The van der Waals surface area contributed by atoms with Crippen LogP contribution in [0.2, 0.25) is 5.02 Å². The number of aryl methyl sites for hydroxylation is 1. The van der Waals surface area contributed by atoms with Gasteiger partial charge in [-0.25, -0.2) is 9.97 Å². The molecule has 88 valence electrons. The molecule has 1 heterocycles. The molecule has 0 bridgehead atoms. The van der Waals surface area contributed by atoms with Crippen LogP contribution in [0.5, 0.6) is 11.6 Å². The van der Waals surface area contributed by atoms with Crippen LogP contribution in [0.1, 0.15) is 11.1 Å². The first kappa shape index (κ1) is 11.7. The molecule has 0 radical (unpaired) electrons. The van der Waals surface area contributed by atoms with Crippen LogP contribution in [0, 0.1) is 13.8 Å². The van der Waals surface area contributed by atoms with Gasteiger partial charge in [0.15, 0.2) is 0 Å². The predicted octanol–water partition coefficient (Wildman–Crippen LogP) is 3.12. The molecule has 2 aromatic rings. The van der Waals surface area contributed by atoms with E-state index in [9.17, 15) is 0 Å². The highest BCUT2D eigenvalue weighted by atomic mass is 35.5. The summed E-state index contributed by atoms with van der Waals surface area (Å²) in [5.41, 5.74) is 7.38. The van der Waals surface area contributed by atoms with E-state index in [0.29, 0.717) is 28.0 Å². The third-order valence-corrected chi connectivity index (χ3v) is 2.67. The Balaban J connectivity index is 2.38. The highest BCUT2D eigenvalue weighted by Crippen LogP contribution is 2.29. The molecule has 1 aromatic carbocycles. The van der Waals surface area contributed by atoms with E-state index in [1.807, 2.05) is 26.0 Å². The molecule has 0 atom stereocenters. The van der Waals surface area contributed by atoms with Crippen molar-refractivity contribution < 1.29 is 4.74 Å². The van der Waals surface area contributed by atoms with E-state index in [0.717, 1.165) is 5.56 Å². The van der Waals surface area contributed by atoms with Crippen LogP contribution in [0.15, 0.2) is 24.5 Å². The summed E-state index contributed by atoms with van der Waals surface area (Å²) in [5, 5.41) is 0.616. The van der Waals surface area contributed by atoms with Gasteiger partial charge < -0.3 is 10.5 Å². The Bertz CT molecular complexity index is 557. The van der Waals surface area contributed by atoms with Crippen molar-refractivity contribution in [3.8, 4) is 11.6 Å². The minimum Gasteiger partial charge on any atom is -0.438 e. The lowest BCUT2D eigenvalue weighted by molar-refractivity contribution is 0.454. The Morgan fingerprint density at radius 1 is 1.24 bits per heavy atom. The van der Waals surface area contributed by atoms with Crippen LogP contribution in [-0.2, 0) is 0 Å². The average molecular weight is 250 g/mol. The second-order valence-corrected chi connectivity index (χ2v) is 4.14. The van der Waals surface area contributed by atoms with Crippen molar-refractivity contribution in [1.82, 2.24) is 9.97 Å². The monoisotopic (exact) mass is 249 g/mol. The third-order valence-electron chi connectivity index (χ3n) is 2.43. The normalized spacial score (nSPS) is 10.3. The molecule has 4 nitrogen and oxygen atoms in total. The Kier molecular flexibility index (Phi) is 3.15. The Hall–Kier alpha value is -1.81. The second-order valence-electron chi connectivity index (χ2n) is 3.70. The zero-order chi connectivity index (χ0) is 12.4. The number of nitrogens with zero attached hydrogens (tertiary/aromatic N) is 2. The zero-order valence-electron chi connectivity index (χ0n) is 9.57. The summed E-state index contributed by atoms with van der Waals surface area (Å²) >= 11 is 5.92. The van der Waals surface area contributed by atoms with Crippen LogP contribution in [0.4, 0.5) is 5.82 Å². The molecule has 5 heteroatoms. The van der Waals surface area contributed by atoms with Crippen molar-refractivity contribution in [2.45, 2.75) is 13.8 Å². The summed E-state index contributed by atoms with van der Waals surface area (Å²) < 4.78 is 5.69. The molecule has 0 spiro atoms. The first-order chi connectivity index (χ1) is 8.08. The van der Waals surface area contributed by atoms with Crippen molar-refractivity contribution in [2.75, 3.05) is 5.73 Å². The number of nitrogens with two attached hydrogens (primary N) is 1. The van der Waals surface area contributed by atoms with Crippen molar-refractivity contribution in [3.63, 3.8) is 0 Å². The van der Waals surface area contributed by atoms with Crippen molar-refractivity contribution in [3.05, 3.63) is 40.7 Å².